The van der Waals surface area contributed by atoms with Crippen LogP contribution < -0.4 is 10.6 Å². The van der Waals surface area contributed by atoms with Gasteiger partial charge in [-0.15, -0.1) is 24.0 Å². The Morgan fingerprint density at radius 2 is 1.79 bits per heavy atom. The second kappa shape index (κ2) is 13.5. The Kier molecular flexibility index (Phi) is 11.1. The quantitative estimate of drug-likeness (QED) is 0.307. The molecule has 2 aromatic carbocycles. The van der Waals surface area contributed by atoms with Crippen LogP contribution in [-0.2, 0) is 17.9 Å². The number of hydrogen-bond donors (Lipinski definition) is 2. The van der Waals surface area contributed by atoms with Gasteiger partial charge in [0, 0.05) is 39.8 Å². The number of aliphatic imine (C=N–C) groups is 1. The normalized spacial score (nSPS) is 15.0. The van der Waals surface area contributed by atoms with Crippen LogP contribution in [0.25, 0.3) is 0 Å². The van der Waals surface area contributed by atoms with Crippen molar-refractivity contribution >= 4 is 35.8 Å². The van der Waals surface area contributed by atoms with Gasteiger partial charge in [-0.1, -0.05) is 54.1 Å². The number of amides is 1. The Bertz CT molecular complexity index is 908. The van der Waals surface area contributed by atoms with Crippen LogP contribution in [0.5, 0.6) is 0 Å². The largest absolute Gasteiger partial charge is 0.354 e. The zero-order valence-corrected chi connectivity index (χ0v) is 22.6. The number of nitrogens with one attached hydrogen (secondary N) is 2. The van der Waals surface area contributed by atoms with Crippen molar-refractivity contribution in [3.63, 3.8) is 0 Å². The number of likely N-dealkylation sites (N-methyl/N-ethyl adjacent to an activating group) is 1. The van der Waals surface area contributed by atoms with Crippen LogP contribution in [0.3, 0.4) is 0 Å². The summed E-state index contributed by atoms with van der Waals surface area (Å²) in [7, 11) is 3.54. The van der Waals surface area contributed by atoms with Gasteiger partial charge in [0.25, 0.3) is 0 Å². The van der Waals surface area contributed by atoms with E-state index in [9.17, 15) is 4.79 Å². The molecule has 7 heteroatoms. The Morgan fingerprint density at radius 3 is 2.42 bits per heavy atom. The number of carbonyl (C=O) groups is 1. The van der Waals surface area contributed by atoms with Crippen LogP contribution in [0.2, 0.25) is 0 Å². The molecule has 0 unspecified atom stereocenters. The van der Waals surface area contributed by atoms with Crippen LogP contribution in [-0.4, -0.2) is 61.4 Å². The molecular weight excluding hydrogens is 525 g/mol. The van der Waals surface area contributed by atoms with Gasteiger partial charge in [-0.2, -0.15) is 0 Å². The number of benzene rings is 2. The Balaban J connectivity index is 0.00000385. The molecule has 0 radical (unpaired) electrons. The molecule has 2 aromatic rings. The fraction of sp³-hybridized carbons (Fsp3) is 0.462. The molecule has 0 bridgehead atoms. The second-order valence-corrected chi connectivity index (χ2v) is 8.92. The highest BCUT2D eigenvalue weighted by Gasteiger charge is 2.20. The van der Waals surface area contributed by atoms with Gasteiger partial charge in [0.1, 0.15) is 0 Å². The number of guanidine groups is 1. The molecule has 0 aliphatic carbocycles. The Hall–Kier alpha value is -2.13. The van der Waals surface area contributed by atoms with Crippen LogP contribution in [0.4, 0.5) is 0 Å². The lowest BCUT2D eigenvalue weighted by Gasteiger charge is -2.33. The molecule has 1 aliphatic rings. The van der Waals surface area contributed by atoms with Crippen LogP contribution in [0.15, 0.2) is 53.5 Å². The lowest BCUT2D eigenvalue weighted by molar-refractivity contribution is -0.127. The van der Waals surface area contributed by atoms with E-state index in [2.05, 4.69) is 77.9 Å². The van der Waals surface area contributed by atoms with Crippen LogP contribution >= 0.6 is 24.0 Å². The van der Waals surface area contributed by atoms with Gasteiger partial charge in [-0.05, 0) is 43.4 Å². The van der Waals surface area contributed by atoms with Crippen LogP contribution in [0.1, 0.15) is 35.1 Å². The van der Waals surface area contributed by atoms with E-state index in [4.69, 9.17) is 4.99 Å². The fourth-order valence-electron chi connectivity index (χ4n) is 3.93. The average Bonchev–Trinajstić information content (AvgIpc) is 2.78. The van der Waals surface area contributed by atoms with E-state index in [0.29, 0.717) is 18.5 Å². The molecule has 1 heterocycles. The highest BCUT2D eigenvalue weighted by molar-refractivity contribution is 14.0. The summed E-state index contributed by atoms with van der Waals surface area (Å²) in [6.07, 6.45) is 2.11. The molecule has 2 N–H and O–H groups in total. The summed E-state index contributed by atoms with van der Waals surface area (Å²) in [6.45, 7) is 8.14. The molecule has 0 aromatic heterocycles. The summed E-state index contributed by atoms with van der Waals surface area (Å²) >= 11 is 0. The van der Waals surface area contributed by atoms with Crippen LogP contribution in [0, 0.1) is 13.8 Å². The summed E-state index contributed by atoms with van der Waals surface area (Å²) in [5.74, 6) is 0.741. The smallest absolute Gasteiger partial charge is 0.241 e. The summed E-state index contributed by atoms with van der Waals surface area (Å²) in [5, 5.41) is 6.81. The first-order valence-electron chi connectivity index (χ1n) is 11.5. The van der Waals surface area contributed by atoms with Crippen molar-refractivity contribution in [2.45, 2.75) is 45.8 Å². The monoisotopic (exact) mass is 563 g/mol. The summed E-state index contributed by atoms with van der Waals surface area (Å²) in [6, 6.07) is 17.4. The Labute approximate surface area is 215 Å². The van der Waals surface area contributed by atoms with E-state index in [1.165, 1.54) is 22.3 Å². The zero-order valence-electron chi connectivity index (χ0n) is 20.3. The van der Waals surface area contributed by atoms with Gasteiger partial charge < -0.3 is 15.5 Å². The molecule has 0 spiro atoms. The molecule has 33 heavy (non-hydrogen) atoms. The minimum atomic E-state index is 0. The number of aryl methyl sites for hydroxylation is 2. The predicted octanol–water partition coefficient (Wildman–Crippen LogP) is 3.71. The van der Waals surface area contributed by atoms with Crippen molar-refractivity contribution in [3.05, 3.63) is 70.8 Å². The highest BCUT2D eigenvalue weighted by Crippen LogP contribution is 2.15. The molecule has 1 aliphatic heterocycles. The molecule has 0 saturated carbocycles. The Morgan fingerprint density at radius 1 is 1.09 bits per heavy atom. The summed E-state index contributed by atoms with van der Waals surface area (Å²) < 4.78 is 0. The van der Waals surface area contributed by atoms with Gasteiger partial charge in [-0.3, -0.25) is 9.69 Å². The van der Waals surface area contributed by atoms with E-state index in [-0.39, 0.29) is 36.4 Å². The molecule has 1 saturated heterocycles. The third kappa shape index (κ3) is 8.97. The number of likely N-dealkylation sites (tertiary alicyclic amines) is 1. The van der Waals surface area contributed by atoms with Crippen molar-refractivity contribution in [3.8, 4) is 0 Å². The number of piperidine rings is 1. The van der Waals surface area contributed by atoms with E-state index in [1.54, 1.807) is 19.0 Å². The third-order valence-electron chi connectivity index (χ3n) is 5.99. The minimum Gasteiger partial charge on any atom is -0.354 e. The number of nitrogens with zero attached hydrogens (tertiary/aromatic N) is 3. The van der Waals surface area contributed by atoms with Crippen molar-refractivity contribution in [1.82, 2.24) is 20.4 Å². The predicted molar refractivity (Wildman–Crippen MR) is 147 cm³/mol. The minimum absolute atomic E-state index is 0. The topological polar surface area (TPSA) is 60.0 Å². The standard InChI is InChI=1S/C26H37N5O.HI/c1-20-10-11-23(21(2)16-20)17-27-26(28-18-25(32)30(3)4)29-24-12-14-31(15-13-24)19-22-8-6-5-7-9-22;/h5-11,16,24H,12-15,17-19H2,1-4H3,(H2,27,28,29);1H. The highest BCUT2D eigenvalue weighted by atomic mass is 127. The zero-order chi connectivity index (χ0) is 22.9. The first-order valence-corrected chi connectivity index (χ1v) is 11.5. The summed E-state index contributed by atoms with van der Waals surface area (Å²) in [5.41, 5.74) is 5.06. The lowest BCUT2D eigenvalue weighted by atomic mass is 10.0. The van der Waals surface area contributed by atoms with Gasteiger partial charge in [0.2, 0.25) is 5.91 Å². The van der Waals surface area contributed by atoms with Crippen molar-refractivity contribution < 1.29 is 4.79 Å². The number of carbonyl (C=O) groups excluding carboxylic acids is 1. The van der Waals surface area contributed by atoms with Gasteiger partial charge in [0.05, 0.1) is 13.1 Å². The molecule has 6 nitrogen and oxygen atoms in total. The second-order valence-electron chi connectivity index (χ2n) is 8.92. The molecule has 3 rings (SSSR count). The van der Waals surface area contributed by atoms with Crippen molar-refractivity contribution in [2.24, 2.45) is 4.99 Å². The van der Waals surface area contributed by atoms with Crippen molar-refractivity contribution in [1.29, 1.82) is 0 Å². The van der Waals surface area contributed by atoms with E-state index < -0.39 is 0 Å². The maximum Gasteiger partial charge on any atom is 0.241 e. The SMILES string of the molecule is Cc1ccc(CN=C(NCC(=O)N(C)C)NC2CCN(Cc3ccccc3)CC2)c(C)c1.I. The van der Waals surface area contributed by atoms with Gasteiger partial charge in [-0.25, -0.2) is 4.99 Å². The average molecular weight is 564 g/mol. The maximum atomic E-state index is 12.1. The third-order valence-corrected chi connectivity index (χ3v) is 5.99. The molecular formula is C26H38IN5O. The first-order chi connectivity index (χ1) is 15.4. The van der Waals surface area contributed by atoms with Crippen molar-refractivity contribution in [2.75, 3.05) is 33.7 Å². The lowest BCUT2D eigenvalue weighted by Crippen LogP contribution is -2.50. The number of rotatable bonds is 7. The van der Waals surface area contributed by atoms with E-state index >= 15 is 0 Å². The van der Waals surface area contributed by atoms with E-state index in [1.807, 2.05) is 0 Å². The molecule has 180 valence electrons. The number of hydrogen-bond acceptors (Lipinski definition) is 3. The molecule has 0 atom stereocenters. The molecule has 1 amide bonds. The molecule has 1 fully saturated rings. The maximum absolute atomic E-state index is 12.1. The van der Waals surface area contributed by atoms with Gasteiger partial charge in [0.15, 0.2) is 5.96 Å². The van der Waals surface area contributed by atoms with Gasteiger partial charge >= 0.3 is 0 Å². The van der Waals surface area contributed by atoms with E-state index in [0.717, 1.165) is 32.5 Å². The first kappa shape index (κ1) is 27.1. The summed E-state index contributed by atoms with van der Waals surface area (Å²) in [4.78, 5) is 21.0. The fourth-order valence-corrected chi connectivity index (χ4v) is 3.93. The number of halogens is 1.